The Balaban J connectivity index is 1.33. The second-order valence-corrected chi connectivity index (χ2v) is 7.76. The van der Waals surface area contributed by atoms with Crippen molar-refractivity contribution in [3.8, 4) is 0 Å². The highest BCUT2D eigenvalue weighted by molar-refractivity contribution is 5.38. The van der Waals surface area contributed by atoms with Gasteiger partial charge in [-0.25, -0.2) is 0 Å². The van der Waals surface area contributed by atoms with Crippen LogP contribution in [0, 0.1) is 0 Å². The number of hydrogen-bond donors (Lipinski definition) is 1. The van der Waals surface area contributed by atoms with Crippen molar-refractivity contribution in [2.45, 2.75) is 56.3 Å². The molecule has 2 fully saturated rings. The number of hydrogen-bond acceptors (Lipinski definition) is 4. The van der Waals surface area contributed by atoms with Crippen LogP contribution in [0.1, 0.15) is 43.2 Å². The summed E-state index contributed by atoms with van der Waals surface area (Å²) in [5, 5.41) is 10.4. The molecule has 4 rings (SSSR count). The minimum absolute atomic E-state index is 0.258. The number of nitrogens with zero attached hydrogens (tertiary/aromatic N) is 1. The van der Waals surface area contributed by atoms with Gasteiger partial charge < -0.3 is 14.6 Å². The van der Waals surface area contributed by atoms with Gasteiger partial charge in [-0.05, 0) is 36.8 Å². The average molecular weight is 331 g/mol. The van der Waals surface area contributed by atoms with E-state index >= 15 is 0 Å². The maximum absolute atomic E-state index is 10.4. The maximum atomic E-state index is 10.4. The van der Waals surface area contributed by atoms with Gasteiger partial charge in [0.25, 0.3) is 0 Å². The molecule has 3 aliphatic rings. The third-order valence-corrected chi connectivity index (χ3v) is 5.98. The van der Waals surface area contributed by atoms with E-state index in [-0.39, 0.29) is 6.10 Å². The topological polar surface area (TPSA) is 41.9 Å². The Labute approximate surface area is 144 Å². The van der Waals surface area contributed by atoms with E-state index in [2.05, 4.69) is 29.2 Å². The van der Waals surface area contributed by atoms with E-state index in [9.17, 15) is 5.11 Å². The molecule has 0 radical (unpaired) electrons. The Morgan fingerprint density at radius 1 is 1.25 bits per heavy atom. The maximum Gasteiger partial charge on any atom is 0.0900 e. The van der Waals surface area contributed by atoms with Crippen LogP contribution >= 0.6 is 0 Å². The molecule has 1 atom stereocenters. The first-order valence-corrected chi connectivity index (χ1v) is 9.43. The van der Waals surface area contributed by atoms with Crippen LogP contribution in [0.4, 0.5) is 0 Å². The predicted octanol–water partition coefficient (Wildman–Crippen LogP) is 2.48. The molecule has 1 aliphatic carbocycles. The van der Waals surface area contributed by atoms with E-state index in [1.165, 1.54) is 24.8 Å². The summed E-state index contributed by atoms with van der Waals surface area (Å²) in [6, 6.07) is 8.88. The Morgan fingerprint density at radius 2 is 2.04 bits per heavy atom. The lowest BCUT2D eigenvalue weighted by molar-refractivity contribution is -0.0668. The van der Waals surface area contributed by atoms with Crippen LogP contribution in [0.15, 0.2) is 24.3 Å². The highest BCUT2D eigenvalue weighted by Gasteiger charge is 2.44. The van der Waals surface area contributed by atoms with Crippen molar-refractivity contribution in [1.82, 2.24) is 4.90 Å². The molecule has 0 bridgehead atoms. The summed E-state index contributed by atoms with van der Waals surface area (Å²) in [5.74, 6) is 0. The van der Waals surface area contributed by atoms with Gasteiger partial charge in [0.15, 0.2) is 0 Å². The van der Waals surface area contributed by atoms with Crippen LogP contribution in [-0.2, 0) is 21.4 Å². The second kappa shape index (κ2) is 7.12. The van der Waals surface area contributed by atoms with Gasteiger partial charge in [0.2, 0.25) is 0 Å². The first-order chi connectivity index (χ1) is 11.8. The third-order valence-electron chi connectivity index (χ3n) is 5.98. The predicted molar refractivity (Wildman–Crippen MR) is 93.0 cm³/mol. The highest BCUT2D eigenvalue weighted by Crippen LogP contribution is 2.48. The van der Waals surface area contributed by atoms with Gasteiger partial charge in [0, 0.05) is 38.3 Å². The lowest BCUT2D eigenvalue weighted by Crippen LogP contribution is -2.51. The average Bonchev–Trinajstić information content (AvgIpc) is 2.59. The van der Waals surface area contributed by atoms with Crippen LogP contribution < -0.4 is 0 Å². The molecule has 1 N–H and O–H groups in total. The number of aliphatic hydroxyl groups is 1. The number of ether oxygens (including phenoxy) is 2. The van der Waals surface area contributed by atoms with Gasteiger partial charge in [0.1, 0.15) is 0 Å². The Bertz CT molecular complexity index is 552. The quantitative estimate of drug-likeness (QED) is 0.900. The Kier molecular flexibility index (Phi) is 4.90. The summed E-state index contributed by atoms with van der Waals surface area (Å²) in [5.41, 5.74) is 3.34. The zero-order chi connectivity index (χ0) is 16.4. The fourth-order valence-corrected chi connectivity index (χ4v) is 4.59. The van der Waals surface area contributed by atoms with Crippen LogP contribution in [0.25, 0.3) is 0 Å². The highest BCUT2D eigenvalue weighted by atomic mass is 16.5. The van der Waals surface area contributed by atoms with Gasteiger partial charge in [-0.3, -0.25) is 4.90 Å². The van der Waals surface area contributed by atoms with Crippen molar-refractivity contribution in [2.75, 3.05) is 32.9 Å². The molecule has 2 heterocycles. The number of benzene rings is 1. The standard InChI is InChI=1S/C20H29NO3/c22-17(14-24-18-6-10-23-11-7-18)13-21-12-16-4-1-2-5-19(16)20(15-21)8-3-9-20/h1-2,4-5,17-18,22H,3,6-15H2. The molecule has 132 valence electrons. The number of β-amino-alcohol motifs (C(OH)–C–C–N with tert-alkyl or cyclic N) is 1. The summed E-state index contributed by atoms with van der Waals surface area (Å²) in [4.78, 5) is 2.43. The van der Waals surface area contributed by atoms with Crippen molar-refractivity contribution >= 4 is 0 Å². The summed E-state index contributed by atoms with van der Waals surface area (Å²) < 4.78 is 11.2. The normalized spacial score (nSPS) is 25.2. The Hall–Kier alpha value is -0.940. The molecule has 24 heavy (non-hydrogen) atoms. The summed E-state index contributed by atoms with van der Waals surface area (Å²) >= 11 is 0. The zero-order valence-corrected chi connectivity index (χ0v) is 14.5. The minimum Gasteiger partial charge on any atom is -0.389 e. The summed E-state index contributed by atoms with van der Waals surface area (Å²) in [6.45, 7) is 4.75. The number of rotatable bonds is 5. The molecule has 0 aromatic heterocycles. The second-order valence-electron chi connectivity index (χ2n) is 7.76. The lowest BCUT2D eigenvalue weighted by Gasteiger charge is -2.50. The first kappa shape index (κ1) is 16.5. The third kappa shape index (κ3) is 3.38. The van der Waals surface area contributed by atoms with Gasteiger partial charge in [0.05, 0.1) is 18.8 Å². The molecule has 4 heteroatoms. The monoisotopic (exact) mass is 331 g/mol. The van der Waals surface area contributed by atoms with Crippen molar-refractivity contribution in [1.29, 1.82) is 0 Å². The van der Waals surface area contributed by atoms with Crippen LogP contribution in [0.5, 0.6) is 0 Å². The van der Waals surface area contributed by atoms with Crippen LogP contribution in [-0.4, -0.2) is 55.1 Å². The first-order valence-electron chi connectivity index (χ1n) is 9.43. The van der Waals surface area contributed by atoms with E-state index in [0.717, 1.165) is 39.1 Å². The number of fused-ring (bicyclic) bond motifs is 2. The molecular weight excluding hydrogens is 302 g/mol. The van der Waals surface area contributed by atoms with E-state index < -0.39 is 6.10 Å². The van der Waals surface area contributed by atoms with Gasteiger partial charge >= 0.3 is 0 Å². The summed E-state index contributed by atoms with van der Waals surface area (Å²) in [7, 11) is 0. The lowest BCUT2D eigenvalue weighted by atomic mass is 9.61. The molecule has 4 nitrogen and oxygen atoms in total. The molecule has 1 spiro atoms. The van der Waals surface area contributed by atoms with Crippen LogP contribution in [0.2, 0.25) is 0 Å². The van der Waals surface area contributed by atoms with Gasteiger partial charge in [-0.1, -0.05) is 30.7 Å². The van der Waals surface area contributed by atoms with Crippen molar-refractivity contribution in [3.63, 3.8) is 0 Å². The molecule has 1 saturated carbocycles. The molecule has 1 unspecified atom stereocenters. The SMILES string of the molecule is OC(COC1CCOCC1)CN1Cc2ccccc2C2(CCC2)C1. The van der Waals surface area contributed by atoms with Gasteiger partial charge in [-0.2, -0.15) is 0 Å². The minimum atomic E-state index is -0.407. The molecule has 0 amide bonds. The molecule has 1 aromatic rings. The van der Waals surface area contributed by atoms with E-state index in [0.29, 0.717) is 18.6 Å². The molecular formula is C20H29NO3. The zero-order valence-electron chi connectivity index (χ0n) is 14.5. The van der Waals surface area contributed by atoms with Crippen molar-refractivity contribution < 1.29 is 14.6 Å². The van der Waals surface area contributed by atoms with Crippen molar-refractivity contribution in [2.24, 2.45) is 0 Å². The molecule has 1 aromatic carbocycles. The van der Waals surface area contributed by atoms with Gasteiger partial charge in [-0.15, -0.1) is 0 Å². The molecule has 2 aliphatic heterocycles. The smallest absolute Gasteiger partial charge is 0.0900 e. The molecule has 1 saturated heterocycles. The number of aliphatic hydroxyl groups excluding tert-OH is 1. The van der Waals surface area contributed by atoms with Crippen LogP contribution in [0.3, 0.4) is 0 Å². The van der Waals surface area contributed by atoms with Crippen molar-refractivity contribution in [3.05, 3.63) is 35.4 Å². The fraction of sp³-hybridized carbons (Fsp3) is 0.700. The summed E-state index contributed by atoms with van der Waals surface area (Å²) in [6.07, 6.45) is 5.66. The van der Waals surface area contributed by atoms with E-state index in [1.54, 1.807) is 5.56 Å². The van der Waals surface area contributed by atoms with E-state index in [4.69, 9.17) is 9.47 Å². The van der Waals surface area contributed by atoms with E-state index in [1.807, 2.05) is 0 Å². The fourth-order valence-electron chi connectivity index (χ4n) is 4.59. The Morgan fingerprint density at radius 3 is 2.79 bits per heavy atom. The largest absolute Gasteiger partial charge is 0.389 e.